The van der Waals surface area contributed by atoms with Gasteiger partial charge in [0.05, 0.1) is 0 Å². The normalized spacial score (nSPS) is 22.6. The van der Waals surface area contributed by atoms with Gasteiger partial charge in [-0.25, -0.2) is 0 Å². The molecule has 20 heavy (non-hydrogen) atoms. The highest BCUT2D eigenvalue weighted by Crippen LogP contribution is 2.34. The molecule has 0 atom stereocenters. The monoisotopic (exact) mass is 274 g/mol. The van der Waals surface area contributed by atoms with Crippen molar-refractivity contribution in [3.05, 3.63) is 29.8 Å². The van der Waals surface area contributed by atoms with Crippen LogP contribution in [0.25, 0.3) is 0 Å². The van der Waals surface area contributed by atoms with Crippen LogP contribution in [0.1, 0.15) is 31.7 Å². The van der Waals surface area contributed by atoms with Crippen LogP contribution in [-0.4, -0.2) is 37.7 Å². The van der Waals surface area contributed by atoms with Crippen LogP contribution in [0.2, 0.25) is 0 Å². The number of rotatable bonds is 3. The van der Waals surface area contributed by atoms with Gasteiger partial charge in [0.25, 0.3) is 0 Å². The molecular weight excluding hydrogens is 248 g/mol. The van der Waals surface area contributed by atoms with Crippen molar-refractivity contribution in [2.24, 2.45) is 5.41 Å². The smallest absolute Gasteiger partial charge is 0.123 e. The first kappa shape index (κ1) is 13.9. The first-order chi connectivity index (χ1) is 9.81. The molecule has 3 nitrogen and oxygen atoms in total. The minimum atomic E-state index is 0.504. The second kappa shape index (κ2) is 6.15. The Morgan fingerprint density at radius 1 is 1.25 bits per heavy atom. The Bertz CT molecular complexity index is 440. The summed E-state index contributed by atoms with van der Waals surface area (Å²) in [6.45, 7) is 8.81. The molecule has 0 aliphatic carbocycles. The summed E-state index contributed by atoms with van der Waals surface area (Å²) in [7, 11) is 0. The highest BCUT2D eigenvalue weighted by Gasteiger charge is 2.32. The van der Waals surface area contributed by atoms with E-state index in [1.54, 1.807) is 0 Å². The van der Waals surface area contributed by atoms with Gasteiger partial charge in [0.1, 0.15) is 12.4 Å². The Kier molecular flexibility index (Phi) is 4.27. The number of nitrogens with zero attached hydrogens (tertiary/aromatic N) is 1. The molecule has 0 bridgehead atoms. The second-order valence-electron chi connectivity index (χ2n) is 6.27. The van der Waals surface area contributed by atoms with E-state index < -0.39 is 0 Å². The fourth-order valence-corrected chi connectivity index (χ4v) is 3.57. The second-order valence-corrected chi connectivity index (χ2v) is 6.27. The van der Waals surface area contributed by atoms with Crippen LogP contribution in [0.3, 0.4) is 0 Å². The molecule has 3 heteroatoms. The Morgan fingerprint density at radius 2 is 2.05 bits per heavy atom. The van der Waals surface area contributed by atoms with E-state index in [2.05, 4.69) is 41.4 Å². The molecule has 0 unspecified atom stereocenters. The molecule has 1 N–H and O–H groups in total. The number of hydrogen-bond acceptors (Lipinski definition) is 3. The van der Waals surface area contributed by atoms with E-state index in [1.165, 1.54) is 44.5 Å². The molecule has 3 rings (SSSR count). The van der Waals surface area contributed by atoms with Crippen LogP contribution in [0, 0.1) is 5.41 Å². The van der Waals surface area contributed by atoms with Gasteiger partial charge in [-0.3, -0.25) is 4.90 Å². The SMILES string of the molecule is CCC1(CN2CCOc3ccccc3C2)CCNCC1. The first-order valence-corrected chi connectivity index (χ1v) is 7.95. The van der Waals surface area contributed by atoms with Crippen LogP contribution < -0.4 is 10.1 Å². The van der Waals surface area contributed by atoms with Crippen LogP contribution >= 0.6 is 0 Å². The van der Waals surface area contributed by atoms with Crippen LogP contribution in [0.15, 0.2) is 24.3 Å². The number of nitrogens with one attached hydrogen (secondary N) is 1. The zero-order valence-electron chi connectivity index (χ0n) is 12.5. The highest BCUT2D eigenvalue weighted by molar-refractivity contribution is 5.33. The largest absolute Gasteiger partial charge is 0.492 e. The predicted molar refractivity (Wildman–Crippen MR) is 82.0 cm³/mol. The van der Waals surface area contributed by atoms with Gasteiger partial charge in [-0.1, -0.05) is 25.1 Å². The van der Waals surface area contributed by atoms with Crippen molar-refractivity contribution in [2.45, 2.75) is 32.7 Å². The molecule has 2 heterocycles. The molecule has 2 aliphatic heterocycles. The number of para-hydroxylation sites is 1. The predicted octanol–water partition coefficient (Wildman–Crippen LogP) is 2.66. The Morgan fingerprint density at radius 3 is 2.85 bits per heavy atom. The van der Waals surface area contributed by atoms with Crippen molar-refractivity contribution >= 4 is 0 Å². The average molecular weight is 274 g/mol. The van der Waals surface area contributed by atoms with Gasteiger partial charge in [-0.15, -0.1) is 0 Å². The summed E-state index contributed by atoms with van der Waals surface area (Å²) in [6, 6.07) is 8.48. The first-order valence-electron chi connectivity index (χ1n) is 7.95. The van der Waals surface area contributed by atoms with E-state index in [0.717, 1.165) is 25.4 Å². The molecule has 1 aromatic carbocycles. The summed E-state index contributed by atoms with van der Waals surface area (Å²) in [5.74, 6) is 1.07. The van der Waals surface area contributed by atoms with E-state index in [4.69, 9.17) is 4.74 Å². The number of ether oxygens (including phenoxy) is 1. The van der Waals surface area contributed by atoms with E-state index in [1.807, 2.05) is 0 Å². The molecule has 0 spiro atoms. The van der Waals surface area contributed by atoms with Crippen LogP contribution in [0.4, 0.5) is 0 Å². The van der Waals surface area contributed by atoms with Gasteiger partial charge in [-0.2, -0.15) is 0 Å². The van der Waals surface area contributed by atoms with Gasteiger partial charge in [-0.05, 0) is 43.8 Å². The molecule has 1 fully saturated rings. The summed E-state index contributed by atoms with van der Waals surface area (Å²) in [6.07, 6.45) is 3.90. The van der Waals surface area contributed by atoms with Crippen molar-refractivity contribution < 1.29 is 4.74 Å². The molecule has 1 saturated heterocycles. The van der Waals surface area contributed by atoms with Gasteiger partial charge in [0, 0.05) is 25.2 Å². The molecule has 0 amide bonds. The lowest BCUT2D eigenvalue weighted by Gasteiger charge is -2.40. The van der Waals surface area contributed by atoms with Gasteiger partial charge >= 0.3 is 0 Å². The van der Waals surface area contributed by atoms with Crippen molar-refractivity contribution in [3.63, 3.8) is 0 Å². The standard InChI is InChI=1S/C17H26N2O/c1-2-17(7-9-18-10-8-17)14-19-11-12-20-16-6-4-3-5-15(16)13-19/h3-6,18H,2,7-14H2,1H3. The average Bonchev–Trinajstić information content (AvgIpc) is 2.69. The maximum atomic E-state index is 5.88. The molecule has 1 aromatic rings. The van der Waals surface area contributed by atoms with Crippen LogP contribution in [-0.2, 0) is 6.54 Å². The van der Waals surface area contributed by atoms with Gasteiger partial charge in [0.2, 0.25) is 0 Å². The van der Waals surface area contributed by atoms with E-state index in [-0.39, 0.29) is 0 Å². The molecule has 0 radical (unpaired) electrons. The van der Waals surface area contributed by atoms with Crippen molar-refractivity contribution in [3.8, 4) is 5.75 Å². The van der Waals surface area contributed by atoms with E-state index >= 15 is 0 Å². The number of benzene rings is 1. The van der Waals surface area contributed by atoms with E-state index in [9.17, 15) is 0 Å². The quantitative estimate of drug-likeness (QED) is 0.917. The summed E-state index contributed by atoms with van der Waals surface area (Å²) in [4.78, 5) is 2.60. The van der Waals surface area contributed by atoms with Crippen molar-refractivity contribution in [1.29, 1.82) is 0 Å². The van der Waals surface area contributed by atoms with Crippen molar-refractivity contribution in [1.82, 2.24) is 10.2 Å². The third-order valence-electron chi connectivity index (χ3n) is 5.00. The third kappa shape index (κ3) is 2.99. The zero-order valence-corrected chi connectivity index (χ0v) is 12.5. The fraction of sp³-hybridized carbons (Fsp3) is 0.647. The molecule has 0 saturated carbocycles. The lowest BCUT2D eigenvalue weighted by molar-refractivity contribution is 0.0972. The van der Waals surface area contributed by atoms with Gasteiger partial charge < -0.3 is 10.1 Å². The summed E-state index contributed by atoms with van der Waals surface area (Å²) in [5, 5.41) is 3.50. The van der Waals surface area contributed by atoms with Gasteiger partial charge in [0.15, 0.2) is 0 Å². The highest BCUT2D eigenvalue weighted by atomic mass is 16.5. The summed E-state index contributed by atoms with van der Waals surface area (Å²) >= 11 is 0. The lowest BCUT2D eigenvalue weighted by Crippen LogP contribution is -2.44. The minimum absolute atomic E-state index is 0.504. The summed E-state index contributed by atoms with van der Waals surface area (Å²) < 4.78 is 5.88. The number of piperidine rings is 1. The minimum Gasteiger partial charge on any atom is -0.492 e. The molecule has 2 aliphatic rings. The third-order valence-corrected chi connectivity index (χ3v) is 5.00. The number of hydrogen-bond donors (Lipinski definition) is 1. The molecule has 0 aromatic heterocycles. The molecule has 110 valence electrons. The maximum absolute atomic E-state index is 5.88. The number of fused-ring (bicyclic) bond motifs is 1. The molecular formula is C17H26N2O. The Hall–Kier alpha value is -1.06. The zero-order chi connectivity index (χ0) is 13.8. The lowest BCUT2D eigenvalue weighted by atomic mass is 9.76. The fourth-order valence-electron chi connectivity index (χ4n) is 3.57. The van der Waals surface area contributed by atoms with Crippen molar-refractivity contribution in [2.75, 3.05) is 32.8 Å². The Labute approximate surface area is 122 Å². The summed E-state index contributed by atoms with van der Waals surface area (Å²) in [5.41, 5.74) is 1.84. The Balaban J connectivity index is 1.71. The topological polar surface area (TPSA) is 24.5 Å². The van der Waals surface area contributed by atoms with Crippen LogP contribution in [0.5, 0.6) is 5.75 Å². The maximum Gasteiger partial charge on any atom is 0.123 e. The van der Waals surface area contributed by atoms with E-state index in [0.29, 0.717) is 5.41 Å².